The van der Waals surface area contributed by atoms with E-state index in [1.807, 2.05) is 58.0 Å². The molecule has 11 heteroatoms. The molecule has 0 fully saturated rings. The van der Waals surface area contributed by atoms with E-state index in [2.05, 4.69) is 35.5 Å². The van der Waals surface area contributed by atoms with Crippen LogP contribution in [0.15, 0.2) is 65.6 Å². The Labute approximate surface area is 271 Å². The zero-order valence-electron chi connectivity index (χ0n) is 26.7. The predicted molar refractivity (Wildman–Crippen MR) is 178 cm³/mol. The highest BCUT2D eigenvalue weighted by Gasteiger charge is 2.32. The molecule has 4 aromatic rings. The van der Waals surface area contributed by atoms with E-state index in [0.717, 1.165) is 33.6 Å². The number of ether oxygens (including phenoxy) is 1. The molecule has 0 spiro atoms. The van der Waals surface area contributed by atoms with E-state index in [1.165, 1.54) is 12.1 Å². The molecule has 3 heterocycles. The first-order valence-electron chi connectivity index (χ1n) is 14.6. The minimum Gasteiger partial charge on any atom is -0.475 e. The van der Waals surface area contributed by atoms with Crippen LogP contribution in [0.1, 0.15) is 65.6 Å². The summed E-state index contributed by atoms with van der Waals surface area (Å²) in [5.41, 5.74) is 6.10. The highest BCUT2D eigenvalue weighted by atomic mass is 35.5. The maximum atomic E-state index is 14.3. The van der Waals surface area contributed by atoms with Gasteiger partial charge in [-0.1, -0.05) is 45.0 Å². The third-order valence-electron chi connectivity index (χ3n) is 7.51. The number of amides is 1. The fourth-order valence-electron chi connectivity index (χ4n) is 5.73. The average Bonchev–Trinajstić information content (AvgIpc) is 2.92. The SMILES string of the molecule is Cc1cc(C)nc(CN2C(=O)c3cccc(c3)S(=O)(=O)Nc3nc(cc(-c4c(C)cccc4C)n3)OC[C@H]2CC(C)(C)C)c1.Cl. The van der Waals surface area contributed by atoms with Gasteiger partial charge in [-0.3, -0.25) is 9.78 Å². The van der Waals surface area contributed by atoms with E-state index in [1.54, 1.807) is 23.1 Å². The molecular formula is C34H40ClN5O4S. The Kier molecular flexibility index (Phi) is 9.89. The number of pyridine rings is 1. The lowest BCUT2D eigenvalue weighted by Gasteiger charge is -2.35. The lowest BCUT2D eigenvalue weighted by Crippen LogP contribution is -2.45. The van der Waals surface area contributed by atoms with E-state index in [9.17, 15) is 13.2 Å². The Bertz CT molecular complexity index is 1800. The second-order valence-electron chi connectivity index (χ2n) is 12.8. The van der Waals surface area contributed by atoms with Crippen LogP contribution in [0.5, 0.6) is 5.88 Å². The van der Waals surface area contributed by atoms with Gasteiger partial charge >= 0.3 is 0 Å². The Morgan fingerprint density at radius 1 is 0.933 bits per heavy atom. The van der Waals surface area contributed by atoms with Gasteiger partial charge in [0.2, 0.25) is 11.8 Å². The fraction of sp³-hybridized carbons (Fsp3) is 0.353. The van der Waals surface area contributed by atoms with E-state index in [0.29, 0.717) is 12.1 Å². The summed E-state index contributed by atoms with van der Waals surface area (Å²) in [5, 5.41) is 0. The zero-order chi connectivity index (χ0) is 31.8. The van der Waals surface area contributed by atoms with Crippen LogP contribution in [0.2, 0.25) is 0 Å². The number of aromatic nitrogens is 3. The number of sulfonamides is 1. The van der Waals surface area contributed by atoms with Gasteiger partial charge in [-0.2, -0.15) is 4.98 Å². The Balaban J connectivity index is 0.00000461. The molecule has 5 rings (SSSR count). The molecular weight excluding hydrogens is 610 g/mol. The van der Waals surface area contributed by atoms with Gasteiger partial charge in [0.05, 0.1) is 28.9 Å². The number of benzene rings is 2. The van der Waals surface area contributed by atoms with Crippen LogP contribution in [0.3, 0.4) is 0 Å². The molecule has 2 aromatic heterocycles. The van der Waals surface area contributed by atoms with E-state index >= 15 is 0 Å². The lowest BCUT2D eigenvalue weighted by atomic mass is 9.87. The summed E-state index contributed by atoms with van der Waals surface area (Å²) >= 11 is 0. The molecule has 1 N–H and O–H groups in total. The van der Waals surface area contributed by atoms with Crippen LogP contribution in [0.25, 0.3) is 11.3 Å². The fourth-order valence-corrected chi connectivity index (χ4v) is 6.72. The molecule has 0 saturated heterocycles. The highest BCUT2D eigenvalue weighted by Crippen LogP contribution is 2.31. The number of fused-ring (bicyclic) bond motifs is 4. The number of rotatable bonds is 4. The van der Waals surface area contributed by atoms with Crippen molar-refractivity contribution in [2.45, 2.75) is 72.4 Å². The van der Waals surface area contributed by atoms with Crippen molar-refractivity contribution in [3.63, 3.8) is 0 Å². The second-order valence-corrected chi connectivity index (χ2v) is 14.4. The third-order valence-corrected chi connectivity index (χ3v) is 8.84. The summed E-state index contributed by atoms with van der Waals surface area (Å²) in [4.78, 5) is 29.7. The van der Waals surface area contributed by atoms with Crippen LogP contribution < -0.4 is 9.46 Å². The first-order chi connectivity index (χ1) is 20.7. The van der Waals surface area contributed by atoms with Gasteiger partial charge in [-0.25, -0.2) is 18.1 Å². The predicted octanol–water partition coefficient (Wildman–Crippen LogP) is 6.83. The molecule has 1 aliphatic heterocycles. The summed E-state index contributed by atoms with van der Waals surface area (Å²) < 4.78 is 36.1. The molecule has 2 aromatic carbocycles. The summed E-state index contributed by atoms with van der Waals surface area (Å²) in [6.45, 7) is 14.6. The van der Waals surface area contributed by atoms with Crippen LogP contribution in [0.4, 0.5) is 5.95 Å². The minimum absolute atomic E-state index is 0. The number of nitrogens with zero attached hydrogens (tertiary/aromatic N) is 4. The highest BCUT2D eigenvalue weighted by molar-refractivity contribution is 7.92. The van der Waals surface area contributed by atoms with Crippen molar-refractivity contribution in [3.05, 3.63) is 94.3 Å². The van der Waals surface area contributed by atoms with E-state index in [4.69, 9.17) is 9.72 Å². The van der Waals surface area contributed by atoms with E-state index < -0.39 is 10.0 Å². The molecule has 0 radical (unpaired) electrons. The number of hydrogen-bond acceptors (Lipinski definition) is 7. The maximum Gasteiger partial charge on any atom is 0.264 e. The summed E-state index contributed by atoms with van der Waals surface area (Å²) in [6, 6.07) is 17.3. The molecule has 1 aliphatic rings. The van der Waals surface area contributed by atoms with Crippen LogP contribution >= 0.6 is 12.4 Å². The standard InChI is InChI=1S/C34H39N5O4S.ClH/c1-21-14-24(4)35-26(15-21)19-39-27(18-34(5,6)7)20-43-30-17-29(31-22(2)10-8-11-23(31)3)36-33(37-30)38-44(41,42)28-13-9-12-25(16-28)32(39)40;/h8-17,27H,18-20H2,1-7H3,(H,36,37,38);1H/t27-;/m1./s1. The zero-order valence-corrected chi connectivity index (χ0v) is 28.3. The molecule has 4 bridgehead atoms. The topological polar surface area (TPSA) is 114 Å². The van der Waals surface area contributed by atoms with Gasteiger partial charge in [-0.15, -0.1) is 12.4 Å². The quantitative estimate of drug-likeness (QED) is 0.258. The Morgan fingerprint density at radius 3 is 2.29 bits per heavy atom. The molecule has 45 heavy (non-hydrogen) atoms. The van der Waals surface area contributed by atoms with Gasteiger partial charge in [0.1, 0.15) is 6.61 Å². The molecule has 0 saturated carbocycles. The van der Waals surface area contributed by atoms with Crippen LogP contribution in [-0.2, 0) is 16.6 Å². The van der Waals surface area contributed by atoms with Crippen molar-refractivity contribution in [1.82, 2.24) is 19.9 Å². The van der Waals surface area contributed by atoms with Gasteiger partial charge in [0, 0.05) is 22.9 Å². The summed E-state index contributed by atoms with van der Waals surface area (Å²) in [7, 11) is -4.14. The van der Waals surface area contributed by atoms with Gasteiger partial charge < -0.3 is 9.64 Å². The number of carbonyl (C=O) groups excluding carboxylic acids is 1. The third kappa shape index (κ3) is 7.99. The first kappa shape index (κ1) is 33.9. The number of anilines is 1. The van der Waals surface area contributed by atoms with Crippen molar-refractivity contribution in [2.75, 3.05) is 11.3 Å². The van der Waals surface area contributed by atoms with Crippen LogP contribution in [-0.4, -0.2) is 46.8 Å². The average molecular weight is 650 g/mol. The number of halogens is 1. The van der Waals surface area contributed by atoms with Gasteiger partial charge in [0.15, 0.2) is 0 Å². The molecule has 0 unspecified atom stereocenters. The molecule has 9 nitrogen and oxygen atoms in total. The smallest absolute Gasteiger partial charge is 0.264 e. The number of nitrogens with one attached hydrogen (secondary N) is 1. The molecule has 1 atom stereocenters. The Hall–Kier alpha value is -4.02. The van der Waals surface area contributed by atoms with Gasteiger partial charge in [-0.05, 0) is 86.6 Å². The monoisotopic (exact) mass is 649 g/mol. The maximum absolute atomic E-state index is 14.3. The normalized spacial score (nSPS) is 16.3. The second kappa shape index (κ2) is 13.1. The van der Waals surface area contributed by atoms with Crippen molar-refractivity contribution < 1.29 is 17.9 Å². The lowest BCUT2D eigenvalue weighted by molar-refractivity contribution is 0.0509. The van der Waals surface area contributed by atoms with Crippen molar-refractivity contribution >= 4 is 34.3 Å². The van der Waals surface area contributed by atoms with Crippen molar-refractivity contribution in [3.8, 4) is 17.1 Å². The van der Waals surface area contributed by atoms with Crippen molar-refractivity contribution in [1.29, 1.82) is 0 Å². The minimum atomic E-state index is -4.14. The van der Waals surface area contributed by atoms with E-state index in [-0.39, 0.29) is 65.2 Å². The largest absolute Gasteiger partial charge is 0.475 e. The molecule has 1 amide bonds. The number of carbonyl (C=O) groups is 1. The summed E-state index contributed by atoms with van der Waals surface area (Å²) in [5.74, 6) is -0.217. The van der Waals surface area contributed by atoms with Gasteiger partial charge in [0.25, 0.3) is 15.9 Å². The first-order valence-corrected chi connectivity index (χ1v) is 16.1. The number of hydrogen-bond donors (Lipinski definition) is 1. The van der Waals surface area contributed by atoms with Crippen molar-refractivity contribution in [2.24, 2.45) is 5.41 Å². The van der Waals surface area contributed by atoms with Crippen LogP contribution in [0, 0.1) is 33.1 Å². The molecule has 238 valence electrons. The Morgan fingerprint density at radius 2 is 1.62 bits per heavy atom. The number of aryl methyl sites for hydroxylation is 4. The molecule has 0 aliphatic carbocycles. The summed E-state index contributed by atoms with van der Waals surface area (Å²) in [6.07, 6.45) is 0.613.